The van der Waals surface area contributed by atoms with Gasteiger partial charge in [0, 0.05) is 6.54 Å². The molecule has 0 N–H and O–H groups in total. The number of hydrogen-bond donors (Lipinski definition) is 0. The van der Waals surface area contributed by atoms with Crippen LogP contribution >= 0.6 is 0 Å². The van der Waals surface area contributed by atoms with Gasteiger partial charge in [-0.25, -0.2) is 0 Å². The van der Waals surface area contributed by atoms with Crippen molar-refractivity contribution < 1.29 is 4.74 Å². The summed E-state index contributed by atoms with van der Waals surface area (Å²) in [6, 6.07) is 29.9. The second-order valence-electron chi connectivity index (χ2n) is 7.21. The van der Waals surface area contributed by atoms with Crippen LogP contribution in [0.5, 0.6) is 5.75 Å². The van der Waals surface area contributed by atoms with E-state index in [9.17, 15) is 0 Å². The van der Waals surface area contributed by atoms with Crippen LogP contribution in [0, 0.1) is 0 Å². The molecule has 0 aliphatic carbocycles. The second kappa shape index (κ2) is 10.6. The number of ether oxygens (including phenoxy) is 1. The molecule has 0 atom stereocenters. The third-order valence-electron chi connectivity index (χ3n) is 5.26. The maximum atomic E-state index is 5.93. The Bertz CT molecular complexity index is 898. The molecule has 0 bridgehead atoms. The maximum Gasteiger partial charge on any atom is 0.119 e. The summed E-state index contributed by atoms with van der Waals surface area (Å²) >= 11 is 0. The molecular formula is C27H31NO. The van der Waals surface area contributed by atoms with Gasteiger partial charge in [-0.2, -0.15) is 0 Å². The Kier molecular flexibility index (Phi) is 7.66. The summed E-state index contributed by atoms with van der Waals surface area (Å²) in [7, 11) is 2.11. The summed E-state index contributed by atoms with van der Waals surface area (Å²) in [4.78, 5) is 2.25. The van der Waals surface area contributed by atoms with Gasteiger partial charge in [-0.05, 0) is 60.0 Å². The molecule has 150 valence electrons. The highest BCUT2D eigenvalue weighted by molar-refractivity contribution is 5.98. The van der Waals surface area contributed by atoms with Gasteiger partial charge < -0.3 is 9.64 Å². The van der Waals surface area contributed by atoms with Crippen molar-refractivity contribution in [3.05, 3.63) is 102 Å². The topological polar surface area (TPSA) is 12.5 Å². The third-order valence-corrected chi connectivity index (χ3v) is 5.26. The van der Waals surface area contributed by atoms with Gasteiger partial charge >= 0.3 is 0 Å². The highest BCUT2D eigenvalue weighted by atomic mass is 16.5. The van der Waals surface area contributed by atoms with E-state index in [4.69, 9.17) is 4.74 Å². The number of allylic oxidation sites excluding steroid dienone is 1. The summed E-state index contributed by atoms with van der Waals surface area (Å²) < 4.78 is 5.93. The van der Waals surface area contributed by atoms with E-state index in [0.29, 0.717) is 6.61 Å². The molecule has 0 aromatic heterocycles. The SMILES string of the molecule is CCC(=C(c1ccccc1)c1ccc(OCCN(C)CC)cc1)c1ccccc1. The molecule has 0 amide bonds. The van der Waals surface area contributed by atoms with Gasteiger partial charge in [-0.1, -0.05) is 86.6 Å². The average Bonchev–Trinajstić information content (AvgIpc) is 2.79. The van der Waals surface area contributed by atoms with E-state index in [1.807, 2.05) is 0 Å². The fraction of sp³-hybridized carbons (Fsp3) is 0.259. The highest BCUT2D eigenvalue weighted by Gasteiger charge is 2.13. The normalized spacial score (nSPS) is 12.0. The number of hydrogen-bond acceptors (Lipinski definition) is 2. The van der Waals surface area contributed by atoms with Gasteiger partial charge in [0.1, 0.15) is 12.4 Å². The van der Waals surface area contributed by atoms with Crippen molar-refractivity contribution >= 4 is 11.1 Å². The molecule has 0 aliphatic rings. The lowest BCUT2D eigenvalue weighted by atomic mass is 9.88. The average molecular weight is 386 g/mol. The maximum absolute atomic E-state index is 5.93. The summed E-state index contributed by atoms with van der Waals surface area (Å²) in [5.41, 5.74) is 6.38. The van der Waals surface area contributed by atoms with Crippen molar-refractivity contribution in [2.45, 2.75) is 20.3 Å². The molecule has 3 aromatic rings. The van der Waals surface area contributed by atoms with Crippen LogP contribution < -0.4 is 4.74 Å². The van der Waals surface area contributed by atoms with E-state index in [0.717, 1.165) is 25.3 Å². The van der Waals surface area contributed by atoms with E-state index in [2.05, 4.69) is 111 Å². The van der Waals surface area contributed by atoms with Crippen molar-refractivity contribution in [2.75, 3.05) is 26.7 Å². The zero-order valence-corrected chi connectivity index (χ0v) is 17.8. The van der Waals surface area contributed by atoms with Crippen molar-refractivity contribution in [1.82, 2.24) is 4.90 Å². The molecule has 0 saturated carbocycles. The van der Waals surface area contributed by atoms with Gasteiger partial charge in [0.2, 0.25) is 0 Å². The predicted molar refractivity (Wildman–Crippen MR) is 124 cm³/mol. The van der Waals surface area contributed by atoms with E-state index in [-0.39, 0.29) is 0 Å². The quantitative estimate of drug-likeness (QED) is 0.396. The van der Waals surface area contributed by atoms with Gasteiger partial charge in [-0.15, -0.1) is 0 Å². The molecule has 0 heterocycles. The lowest BCUT2D eigenvalue weighted by Crippen LogP contribution is -2.23. The Balaban J connectivity index is 1.94. The van der Waals surface area contributed by atoms with E-state index < -0.39 is 0 Å². The first-order valence-corrected chi connectivity index (χ1v) is 10.5. The number of benzene rings is 3. The van der Waals surface area contributed by atoms with Crippen LogP contribution in [-0.2, 0) is 0 Å². The van der Waals surface area contributed by atoms with Crippen molar-refractivity contribution in [3.63, 3.8) is 0 Å². The first-order valence-electron chi connectivity index (χ1n) is 10.5. The predicted octanol–water partition coefficient (Wildman–Crippen LogP) is 6.39. The Hall–Kier alpha value is -2.84. The number of likely N-dealkylation sites (N-methyl/N-ethyl adjacent to an activating group) is 1. The van der Waals surface area contributed by atoms with Crippen LogP contribution in [0.15, 0.2) is 84.9 Å². The molecule has 3 aromatic carbocycles. The summed E-state index contributed by atoms with van der Waals surface area (Å²) in [5.74, 6) is 0.920. The van der Waals surface area contributed by atoms with Crippen LogP contribution in [0.3, 0.4) is 0 Å². The van der Waals surface area contributed by atoms with Crippen LogP contribution in [0.25, 0.3) is 11.1 Å². The van der Waals surface area contributed by atoms with Crippen LogP contribution in [0.4, 0.5) is 0 Å². The zero-order valence-electron chi connectivity index (χ0n) is 17.8. The van der Waals surface area contributed by atoms with Crippen molar-refractivity contribution in [2.24, 2.45) is 0 Å². The van der Waals surface area contributed by atoms with Crippen LogP contribution in [0.1, 0.15) is 37.0 Å². The van der Waals surface area contributed by atoms with Crippen molar-refractivity contribution in [3.8, 4) is 5.75 Å². The fourth-order valence-electron chi connectivity index (χ4n) is 3.48. The van der Waals surface area contributed by atoms with Gasteiger partial charge in [0.25, 0.3) is 0 Å². The molecule has 29 heavy (non-hydrogen) atoms. The molecular weight excluding hydrogens is 354 g/mol. The Labute approximate surface area is 175 Å². The summed E-state index contributed by atoms with van der Waals surface area (Å²) in [6.07, 6.45) is 0.968. The van der Waals surface area contributed by atoms with Gasteiger partial charge in [0.05, 0.1) is 0 Å². The van der Waals surface area contributed by atoms with Crippen LogP contribution in [-0.4, -0.2) is 31.6 Å². The smallest absolute Gasteiger partial charge is 0.119 e. The Morgan fingerprint density at radius 2 is 1.28 bits per heavy atom. The lowest BCUT2D eigenvalue weighted by molar-refractivity contribution is 0.244. The standard InChI is InChI=1S/C27H31NO/c1-4-26(22-12-8-6-9-13-22)27(23-14-10-7-11-15-23)24-16-18-25(19-17-24)29-21-20-28(3)5-2/h6-19H,4-5,20-21H2,1-3H3. The molecule has 0 radical (unpaired) electrons. The molecule has 0 spiro atoms. The van der Waals surface area contributed by atoms with E-state index in [1.165, 1.54) is 27.8 Å². The Morgan fingerprint density at radius 1 is 0.724 bits per heavy atom. The van der Waals surface area contributed by atoms with E-state index >= 15 is 0 Å². The third kappa shape index (κ3) is 5.58. The van der Waals surface area contributed by atoms with Crippen molar-refractivity contribution in [1.29, 1.82) is 0 Å². The Morgan fingerprint density at radius 3 is 1.83 bits per heavy atom. The zero-order chi connectivity index (χ0) is 20.5. The molecule has 0 saturated heterocycles. The minimum Gasteiger partial charge on any atom is -0.492 e. The minimum absolute atomic E-state index is 0.704. The van der Waals surface area contributed by atoms with E-state index in [1.54, 1.807) is 0 Å². The largest absolute Gasteiger partial charge is 0.492 e. The lowest BCUT2D eigenvalue weighted by Gasteiger charge is -2.17. The summed E-state index contributed by atoms with van der Waals surface area (Å²) in [6.45, 7) is 7.06. The van der Waals surface area contributed by atoms with Crippen LogP contribution in [0.2, 0.25) is 0 Å². The molecule has 0 aliphatic heterocycles. The number of nitrogens with zero attached hydrogens (tertiary/aromatic N) is 1. The molecule has 0 unspecified atom stereocenters. The minimum atomic E-state index is 0.704. The summed E-state index contributed by atoms with van der Waals surface area (Å²) in [5, 5.41) is 0. The number of rotatable bonds is 9. The first-order chi connectivity index (χ1) is 14.2. The fourth-order valence-corrected chi connectivity index (χ4v) is 3.48. The molecule has 0 fully saturated rings. The molecule has 2 nitrogen and oxygen atoms in total. The molecule has 2 heteroatoms. The second-order valence-corrected chi connectivity index (χ2v) is 7.21. The van der Waals surface area contributed by atoms with Gasteiger partial charge in [0.15, 0.2) is 0 Å². The first kappa shape index (κ1) is 20.9. The van der Waals surface area contributed by atoms with Gasteiger partial charge in [-0.3, -0.25) is 0 Å². The molecule has 3 rings (SSSR count). The monoisotopic (exact) mass is 385 g/mol. The highest BCUT2D eigenvalue weighted by Crippen LogP contribution is 2.34.